The molecule has 1 N–H and O–H groups in total. The van der Waals surface area contributed by atoms with Crippen molar-refractivity contribution in [2.24, 2.45) is 0 Å². The molecule has 0 bridgehead atoms. The second-order valence-corrected chi connectivity index (χ2v) is 3.68. The number of aliphatic hydroxyl groups excluding tert-OH is 1. The lowest BCUT2D eigenvalue weighted by Crippen LogP contribution is -2.41. The van der Waals surface area contributed by atoms with Gasteiger partial charge in [0.2, 0.25) is 0 Å². The molecule has 0 aromatic rings. The molecule has 1 amide bonds. The van der Waals surface area contributed by atoms with E-state index in [1.165, 1.54) is 0 Å². The minimum absolute atomic E-state index is 0.0908. The Balaban J connectivity index is 1.96. The largest absolute Gasteiger partial charge is 0.383 e. The molecule has 2 fully saturated rings. The summed E-state index contributed by atoms with van der Waals surface area (Å²) in [7, 11) is 0. The van der Waals surface area contributed by atoms with Crippen molar-refractivity contribution in [1.82, 2.24) is 4.90 Å². The third kappa shape index (κ3) is 1.69. The van der Waals surface area contributed by atoms with Gasteiger partial charge in [-0.3, -0.25) is 4.79 Å². The molecule has 2 saturated heterocycles. The second kappa shape index (κ2) is 3.64. The number of amides is 1. The van der Waals surface area contributed by atoms with Crippen molar-refractivity contribution in [2.45, 2.75) is 31.4 Å². The van der Waals surface area contributed by atoms with Gasteiger partial charge in [-0.25, -0.2) is 0 Å². The van der Waals surface area contributed by atoms with Crippen LogP contribution < -0.4 is 0 Å². The molecule has 2 heterocycles. The third-order valence-electron chi connectivity index (χ3n) is 2.84. The van der Waals surface area contributed by atoms with Crippen LogP contribution in [0.25, 0.3) is 0 Å². The van der Waals surface area contributed by atoms with E-state index in [1.54, 1.807) is 0 Å². The van der Waals surface area contributed by atoms with Crippen LogP contribution in [0.15, 0.2) is 0 Å². The van der Waals surface area contributed by atoms with Crippen molar-refractivity contribution in [2.75, 3.05) is 19.8 Å². The molecule has 2 rings (SSSR count). The number of nitrogens with zero attached hydrogens (tertiary/aromatic N) is 1. The average Bonchev–Trinajstić information content (AvgIpc) is 2.49. The van der Waals surface area contributed by atoms with Gasteiger partial charge in [0.05, 0.1) is 0 Å². The quantitative estimate of drug-likeness (QED) is 0.613. The molecule has 0 spiro atoms. The summed E-state index contributed by atoms with van der Waals surface area (Å²) >= 11 is 0. The zero-order valence-corrected chi connectivity index (χ0v) is 7.61. The minimum Gasteiger partial charge on any atom is -0.383 e. The number of carbonyl (C=O) groups is 1. The molecule has 0 aromatic heterocycles. The normalized spacial score (nSPS) is 31.3. The van der Waals surface area contributed by atoms with Crippen LogP contribution in [0, 0.1) is 0 Å². The summed E-state index contributed by atoms with van der Waals surface area (Å²) < 4.78 is 5.22. The Bertz CT molecular complexity index is 201. The Labute approximate surface area is 77.5 Å². The Hall–Kier alpha value is -0.610. The fourth-order valence-electron chi connectivity index (χ4n) is 2.05. The monoisotopic (exact) mass is 185 g/mol. The molecule has 2 aliphatic heterocycles. The summed E-state index contributed by atoms with van der Waals surface area (Å²) in [6, 6.07) is 0.304. The molecular formula is C9H15NO3. The molecule has 0 aliphatic carbocycles. The first-order valence-corrected chi connectivity index (χ1v) is 4.85. The highest BCUT2D eigenvalue weighted by Crippen LogP contribution is 2.20. The summed E-state index contributed by atoms with van der Waals surface area (Å²) in [6.45, 7) is 2.19. The van der Waals surface area contributed by atoms with E-state index in [1.807, 2.05) is 4.90 Å². The molecule has 1 unspecified atom stereocenters. The van der Waals surface area contributed by atoms with Crippen molar-refractivity contribution in [3.05, 3.63) is 0 Å². The fraction of sp³-hybridized carbons (Fsp3) is 0.889. The molecule has 4 nitrogen and oxygen atoms in total. The molecule has 0 saturated carbocycles. The Kier molecular flexibility index (Phi) is 2.51. The topological polar surface area (TPSA) is 49.8 Å². The molecule has 4 heteroatoms. The van der Waals surface area contributed by atoms with E-state index in [0.717, 1.165) is 26.1 Å². The number of carbonyl (C=O) groups excluding carboxylic acids is 1. The highest BCUT2D eigenvalue weighted by molar-refractivity contribution is 5.83. The van der Waals surface area contributed by atoms with E-state index in [4.69, 9.17) is 4.74 Å². The molecular weight excluding hydrogens is 170 g/mol. The van der Waals surface area contributed by atoms with Crippen LogP contribution in [0.4, 0.5) is 0 Å². The molecule has 74 valence electrons. The predicted molar refractivity (Wildman–Crippen MR) is 46.2 cm³/mol. The fourth-order valence-corrected chi connectivity index (χ4v) is 2.05. The van der Waals surface area contributed by atoms with Crippen molar-refractivity contribution in [3.8, 4) is 0 Å². The summed E-state index contributed by atoms with van der Waals surface area (Å²) in [5.74, 6) is -0.0908. The lowest BCUT2D eigenvalue weighted by molar-refractivity contribution is -0.137. The number of hydrogen-bond acceptors (Lipinski definition) is 3. The van der Waals surface area contributed by atoms with Gasteiger partial charge in [0.25, 0.3) is 5.91 Å². The van der Waals surface area contributed by atoms with Crippen molar-refractivity contribution >= 4 is 5.91 Å². The van der Waals surface area contributed by atoms with Gasteiger partial charge in [-0.15, -0.1) is 0 Å². The van der Waals surface area contributed by atoms with Crippen LogP contribution in [0.1, 0.15) is 19.3 Å². The molecule has 1 atom stereocenters. The summed E-state index contributed by atoms with van der Waals surface area (Å²) in [6.07, 6.45) is 1.68. The van der Waals surface area contributed by atoms with E-state index >= 15 is 0 Å². The van der Waals surface area contributed by atoms with Gasteiger partial charge in [-0.05, 0) is 19.3 Å². The Morgan fingerprint density at radius 2 is 2.00 bits per heavy atom. The maximum Gasteiger partial charge on any atom is 0.251 e. The van der Waals surface area contributed by atoms with Crippen LogP contribution in [0.3, 0.4) is 0 Å². The molecule has 13 heavy (non-hydrogen) atoms. The molecule has 2 aliphatic rings. The first-order valence-electron chi connectivity index (χ1n) is 4.85. The van der Waals surface area contributed by atoms with Gasteiger partial charge in [0.15, 0.2) is 0 Å². The van der Waals surface area contributed by atoms with E-state index < -0.39 is 6.10 Å². The summed E-state index contributed by atoms with van der Waals surface area (Å²) in [5, 5.41) is 9.28. The number of ether oxygens (including phenoxy) is 1. The molecule has 0 radical (unpaired) electrons. The van der Waals surface area contributed by atoms with Crippen molar-refractivity contribution in [3.63, 3.8) is 0 Å². The highest BCUT2D eigenvalue weighted by Gasteiger charge is 2.34. The van der Waals surface area contributed by atoms with Gasteiger partial charge in [0.1, 0.15) is 6.10 Å². The first kappa shape index (κ1) is 8.97. The lowest BCUT2D eigenvalue weighted by Gasteiger charge is -2.30. The SMILES string of the molecule is O=C1C(O)CCN1C1CCOCC1. The van der Waals surface area contributed by atoms with Crippen LogP contribution in [0.5, 0.6) is 0 Å². The van der Waals surface area contributed by atoms with E-state index in [-0.39, 0.29) is 5.91 Å². The lowest BCUT2D eigenvalue weighted by atomic mass is 10.1. The second-order valence-electron chi connectivity index (χ2n) is 3.68. The summed E-state index contributed by atoms with van der Waals surface area (Å²) in [4.78, 5) is 13.3. The standard InChI is InChI=1S/C9H15NO3/c11-8-1-4-10(9(8)12)7-2-5-13-6-3-7/h7-8,11H,1-6H2. The van der Waals surface area contributed by atoms with Crippen LogP contribution in [-0.4, -0.2) is 47.8 Å². The molecule has 0 aromatic carbocycles. The van der Waals surface area contributed by atoms with Crippen molar-refractivity contribution in [1.29, 1.82) is 0 Å². The van der Waals surface area contributed by atoms with Crippen LogP contribution >= 0.6 is 0 Å². The van der Waals surface area contributed by atoms with E-state index in [2.05, 4.69) is 0 Å². The zero-order valence-electron chi connectivity index (χ0n) is 7.61. The first-order chi connectivity index (χ1) is 6.29. The van der Waals surface area contributed by atoms with Gasteiger partial charge >= 0.3 is 0 Å². The van der Waals surface area contributed by atoms with E-state index in [0.29, 0.717) is 19.0 Å². The van der Waals surface area contributed by atoms with Gasteiger partial charge in [-0.2, -0.15) is 0 Å². The van der Waals surface area contributed by atoms with Crippen LogP contribution in [-0.2, 0) is 9.53 Å². The maximum atomic E-state index is 11.4. The smallest absolute Gasteiger partial charge is 0.251 e. The Morgan fingerprint density at radius 3 is 2.54 bits per heavy atom. The van der Waals surface area contributed by atoms with Gasteiger partial charge < -0.3 is 14.7 Å². The van der Waals surface area contributed by atoms with E-state index in [9.17, 15) is 9.90 Å². The third-order valence-corrected chi connectivity index (χ3v) is 2.84. The average molecular weight is 185 g/mol. The number of hydrogen-bond donors (Lipinski definition) is 1. The number of rotatable bonds is 1. The minimum atomic E-state index is -0.747. The predicted octanol–water partition coefficient (Wildman–Crippen LogP) is -0.241. The Morgan fingerprint density at radius 1 is 1.31 bits per heavy atom. The highest BCUT2D eigenvalue weighted by atomic mass is 16.5. The number of aliphatic hydroxyl groups is 1. The van der Waals surface area contributed by atoms with Crippen molar-refractivity contribution < 1.29 is 14.6 Å². The number of likely N-dealkylation sites (tertiary alicyclic amines) is 1. The van der Waals surface area contributed by atoms with Gasteiger partial charge in [-0.1, -0.05) is 0 Å². The zero-order chi connectivity index (χ0) is 9.26. The van der Waals surface area contributed by atoms with Gasteiger partial charge in [0, 0.05) is 25.8 Å². The van der Waals surface area contributed by atoms with Crippen LogP contribution in [0.2, 0.25) is 0 Å². The summed E-state index contributed by atoms with van der Waals surface area (Å²) in [5.41, 5.74) is 0. The maximum absolute atomic E-state index is 11.4.